The second kappa shape index (κ2) is 8.04. The largest absolute Gasteiger partial charge is 0.289 e. The van der Waals surface area contributed by atoms with E-state index in [0.29, 0.717) is 16.7 Å². The molecule has 0 unspecified atom stereocenters. The van der Waals surface area contributed by atoms with Gasteiger partial charge in [-0.3, -0.25) is 9.59 Å². The fourth-order valence-corrected chi connectivity index (χ4v) is 6.69. The van der Waals surface area contributed by atoms with Gasteiger partial charge in [-0.05, 0) is 52.1 Å². The Morgan fingerprint density at radius 2 is 1.24 bits per heavy atom. The molecule has 7 rings (SSSR count). The highest BCUT2D eigenvalue weighted by molar-refractivity contribution is 7.98. The Hall–Kier alpha value is -4.43. The number of benzene rings is 5. The van der Waals surface area contributed by atoms with Crippen molar-refractivity contribution >= 4 is 39.7 Å². The van der Waals surface area contributed by atoms with Crippen molar-refractivity contribution in [1.82, 2.24) is 0 Å². The Kier molecular flexibility index (Phi) is 4.74. The lowest BCUT2D eigenvalue weighted by Gasteiger charge is -2.25. The van der Waals surface area contributed by atoms with E-state index >= 15 is 0 Å². The molecule has 3 heteroatoms. The van der Waals surface area contributed by atoms with Gasteiger partial charge in [-0.25, -0.2) is 0 Å². The highest BCUT2D eigenvalue weighted by Gasteiger charge is 2.31. The number of hydrogen-bond donors (Lipinski definition) is 0. The Morgan fingerprint density at radius 1 is 0.622 bits per heavy atom. The van der Waals surface area contributed by atoms with Crippen LogP contribution in [0.5, 0.6) is 0 Å². The maximum absolute atomic E-state index is 13.7. The Morgan fingerprint density at radius 3 is 1.97 bits per heavy atom. The molecular weight excluding hydrogens is 472 g/mol. The minimum absolute atomic E-state index is 0.0106. The molecule has 2 aliphatic carbocycles. The minimum atomic E-state index is 0.0106. The average molecular weight is 493 g/mol. The van der Waals surface area contributed by atoms with Gasteiger partial charge in [0, 0.05) is 49.2 Å². The second-order valence-corrected chi connectivity index (χ2v) is 10.1. The lowest BCUT2D eigenvalue weighted by Crippen LogP contribution is -2.15. The summed E-state index contributed by atoms with van der Waals surface area (Å²) >= 11 is 1.60. The third kappa shape index (κ3) is 2.96. The summed E-state index contributed by atoms with van der Waals surface area (Å²) in [5.41, 5.74) is 12.5. The van der Waals surface area contributed by atoms with Crippen LogP contribution < -0.4 is 0 Å². The maximum atomic E-state index is 13.7. The number of thioether (sulfide) groups is 1. The van der Waals surface area contributed by atoms with Gasteiger partial charge in [0.25, 0.3) is 0 Å². The van der Waals surface area contributed by atoms with E-state index in [1.54, 1.807) is 11.8 Å². The molecule has 5 aromatic carbocycles. The second-order valence-electron chi connectivity index (χ2n) is 9.30. The predicted molar refractivity (Wildman–Crippen MR) is 152 cm³/mol. The maximum Gasteiger partial charge on any atom is 0.194 e. The third-order valence-corrected chi connectivity index (χ3v) is 8.30. The minimum Gasteiger partial charge on any atom is -0.289 e. The summed E-state index contributed by atoms with van der Waals surface area (Å²) in [6.07, 6.45) is 2.02. The summed E-state index contributed by atoms with van der Waals surface area (Å²) in [6.45, 7) is 3.97. The Balaban J connectivity index is 1.51. The number of hydrogen-bond acceptors (Lipinski definition) is 3. The van der Waals surface area contributed by atoms with Crippen molar-refractivity contribution in [2.45, 2.75) is 4.90 Å². The summed E-state index contributed by atoms with van der Waals surface area (Å²) in [7, 11) is 0. The zero-order valence-electron chi connectivity index (χ0n) is 20.1. The summed E-state index contributed by atoms with van der Waals surface area (Å²) < 4.78 is 0. The molecule has 0 spiro atoms. The van der Waals surface area contributed by atoms with Crippen LogP contribution in [-0.4, -0.2) is 17.8 Å². The van der Waals surface area contributed by atoms with Crippen molar-refractivity contribution in [3.63, 3.8) is 0 Å². The molecule has 174 valence electrons. The number of fused-ring (bicyclic) bond motifs is 4. The van der Waals surface area contributed by atoms with Gasteiger partial charge in [0.05, 0.1) is 0 Å². The first-order valence-corrected chi connectivity index (χ1v) is 13.3. The third-order valence-electron chi connectivity index (χ3n) is 7.47. The molecule has 0 heterocycles. The van der Waals surface area contributed by atoms with Crippen LogP contribution in [0.25, 0.3) is 38.6 Å². The van der Waals surface area contributed by atoms with Crippen LogP contribution >= 0.6 is 11.8 Å². The summed E-state index contributed by atoms with van der Waals surface area (Å²) in [6, 6.07) is 29.8. The lowest BCUT2D eigenvalue weighted by molar-refractivity contribution is 0.103. The van der Waals surface area contributed by atoms with E-state index in [9.17, 15) is 9.59 Å². The smallest absolute Gasteiger partial charge is 0.194 e. The highest BCUT2D eigenvalue weighted by Crippen LogP contribution is 2.46. The van der Waals surface area contributed by atoms with E-state index in [4.69, 9.17) is 0 Å². The van der Waals surface area contributed by atoms with Crippen LogP contribution in [0, 0.1) is 0 Å². The van der Waals surface area contributed by atoms with Crippen LogP contribution in [0.2, 0.25) is 0 Å². The fourth-order valence-electron chi connectivity index (χ4n) is 5.87. The first-order chi connectivity index (χ1) is 18.1. The van der Waals surface area contributed by atoms with Crippen molar-refractivity contribution in [2.75, 3.05) is 6.26 Å². The molecule has 0 aliphatic heterocycles. The van der Waals surface area contributed by atoms with E-state index in [0.717, 1.165) is 60.2 Å². The predicted octanol–water partition coefficient (Wildman–Crippen LogP) is 8.20. The van der Waals surface area contributed by atoms with Gasteiger partial charge in [-0.2, -0.15) is 0 Å². The molecule has 5 aromatic rings. The first-order valence-electron chi connectivity index (χ1n) is 12.1. The molecular formula is C34H20O2S. The van der Waals surface area contributed by atoms with E-state index < -0.39 is 0 Å². The molecule has 2 nitrogen and oxygen atoms in total. The molecule has 0 aromatic heterocycles. The van der Waals surface area contributed by atoms with E-state index in [-0.39, 0.29) is 11.6 Å². The van der Waals surface area contributed by atoms with Gasteiger partial charge >= 0.3 is 0 Å². The SMILES string of the molecule is C=C=C1c2ccccc2C(=O)c2ccc(-c3cc4c5c(cccc5c3)-c3ccccc3C4=O)c(SC)c21. The summed E-state index contributed by atoms with van der Waals surface area (Å²) in [4.78, 5) is 28.1. The zero-order chi connectivity index (χ0) is 25.3. The monoisotopic (exact) mass is 492 g/mol. The van der Waals surface area contributed by atoms with Gasteiger partial charge in [-0.15, -0.1) is 17.5 Å². The fraction of sp³-hybridized carbons (Fsp3) is 0.0294. The van der Waals surface area contributed by atoms with Crippen molar-refractivity contribution < 1.29 is 9.59 Å². The van der Waals surface area contributed by atoms with Gasteiger partial charge in [0.1, 0.15) is 0 Å². The van der Waals surface area contributed by atoms with E-state index in [2.05, 4.69) is 30.5 Å². The molecule has 0 fully saturated rings. The van der Waals surface area contributed by atoms with Crippen LogP contribution in [0.15, 0.2) is 108 Å². The molecule has 0 atom stereocenters. The molecule has 2 aliphatic rings. The number of rotatable bonds is 2. The Bertz CT molecular complexity index is 1900. The zero-order valence-corrected chi connectivity index (χ0v) is 20.9. The van der Waals surface area contributed by atoms with Crippen LogP contribution in [0.1, 0.15) is 43.0 Å². The van der Waals surface area contributed by atoms with Gasteiger partial charge in [0.15, 0.2) is 11.6 Å². The molecule has 0 N–H and O–H groups in total. The van der Waals surface area contributed by atoms with Gasteiger partial charge in [0.2, 0.25) is 0 Å². The topological polar surface area (TPSA) is 34.1 Å². The van der Waals surface area contributed by atoms with Crippen LogP contribution in [0.4, 0.5) is 0 Å². The number of carbonyl (C=O) groups excluding carboxylic acids is 2. The molecule has 0 saturated heterocycles. The van der Waals surface area contributed by atoms with Crippen molar-refractivity contribution in [3.8, 4) is 22.3 Å². The number of carbonyl (C=O) groups is 2. The molecule has 37 heavy (non-hydrogen) atoms. The highest BCUT2D eigenvalue weighted by atomic mass is 32.2. The quantitative estimate of drug-likeness (QED) is 0.180. The van der Waals surface area contributed by atoms with Crippen LogP contribution in [0.3, 0.4) is 0 Å². The van der Waals surface area contributed by atoms with E-state index in [1.807, 2.05) is 79.1 Å². The van der Waals surface area contributed by atoms with Crippen LogP contribution in [-0.2, 0) is 0 Å². The van der Waals surface area contributed by atoms with Crippen molar-refractivity contribution in [1.29, 1.82) is 0 Å². The standard InChI is InChI=1S/C34H20O2S/c1-3-21-23-10-4-6-12-26(23)32(35)28-16-15-22(34(37-2)31(21)28)20-17-19-9-8-14-25-24-11-5-7-13-27(24)33(36)29(18-20)30(19)25/h4-18H,1H2,2H3. The molecule has 0 amide bonds. The first kappa shape index (κ1) is 21.8. The molecule has 0 bridgehead atoms. The van der Waals surface area contributed by atoms with E-state index in [1.165, 1.54) is 0 Å². The Labute approximate surface area is 219 Å². The summed E-state index contributed by atoms with van der Waals surface area (Å²) in [5.74, 6) is 0.0528. The van der Waals surface area contributed by atoms with Crippen molar-refractivity contribution in [2.24, 2.45) is 0 Å². The number of ketones is 2. The van der Waals surface area contributed by atoms with Crippen molar-refractivity contribution in [3.05, 3.63) is 137 Å². The van der Waals surface area contributed by atoms with Gasteiger partial charge < -0.3 is 0 Å². The summed E-state index contributed by atoms with van der Waals surface area (Å²) in [5, 5.41) is 2.02. The van der Waals surface area contributed by atoms with Gasteiger partial charge in [-0.1, -0.05) is 79.4 Å². The molecule has 0 saturated carbocycles. The molecule has 0 radical (unpaired) electrons. The lowest BCUT2D eigenvalue weighted by atomic mass is 9.79. The average Bonchev–Trinajstić information content (AvgIpc) is 2.95. The normalized spacial score (nSPS) is 13.2.